The third-order valence-electron chi connectivity index (χ3n) is 4.32. The lowest BCUT2D eigenvalue weighted by molar-refractivity contribution is -0.111. The molecule has 0 spiro atoms. The molecule has 1 saturated heterocycles. The number of carbonyl (C=O) groups excluding carboxylic acids is 1. The molecule has 3 rings (SSSR count). The smallest absolute Gasteiger partial charge is 0.248 e. The Kier molecular flexibility index (Phi) is 5.90. The predicted molar refractivity (Wildman–Crippen MR) is 106 cm³/mol. The van der Waals surface area contributed by atoms with Gasteiger partial charge in [-0.1, -0.05) is 13.0 Å². The molecule has 1 amide bonds. The number of thiophene rings is 1. The van der Waals surface area contributed by atoms with Crippen LogP contribution in [0, 0.1) is 5.92 Å². The summed E-state index contributed by atoms with van der Waals surface area (Å²) in [6, 6.07) is 10.2. The van der Waals surface area contributed by atoms with Gasteiger partial charge in [0.15, 0.2) is 0 Å². The summed E-state index contributed by atoms with van der Waals surface area (Å²) in [7, 11) is -3.47. The zero-order valence-electron chi connectivity index (χ0n) is 14.6. The van der Waals surface area contributed by atoms with Gasteiger partial charge < -0.3 is 5.32 Å². The Bertz CT molecular complexity index is 872. The van der Waals surface area contributed by atoms with Gasteiger partial charge in [0.25, 0.3) is 0 Å². The van der Waals surface area contributed by atoms with E-state index >= 15 is 0 Å². The van der Waals surface area contributed by atoms with Crippen LogP contribution in [-0.4, -0.2) is 31.7 Å². The van der Waals surface area contributed by atoms with E-state index in [-0.39, 0.29) is 10.8 Å². The molecule has 2 aromatic rings. The molecule has 0 radical (unpaired) electrons. The highest BCUT2D eigenvalue weighted by Gasteiger charge is 2.28. The number of hydrogen-bond donors (Lipinski definition) is 1. The van der Waals surface area contributed by atoms with Crippen LogP contribution in [-0.2, 0) is 14.8 Å². The first kappa shape index (κ1) is 18.8. The highest BCUT2D eigenvalue weighted by molar-refractivity contribution is 7.89. The summed E-state index contributed by atoms with van der Waals surface area (Å²) in [5.41, 5.74) is 0.566. The van der Waals surface area contributed by atoms with Gasteiger partial charge in [-0.05, 0) is 60.5 Å². The number of piperidine rings is 1. The maximum absolute atomic E-state index is 12.7. The van der Waals surface area contributed by atoms with E-state index < -0.39 is 10.0 Å². The van der Waals surface area contributed by atoms with Crippen molar-refractivity contribution in [2.45, 2.75) is 24.7 Å². The minimum atomic E-state index is -3.47. The zero-order valence-corrected chi connectivity index (χ0v) is 16.2. The monoisotopic (exact) mass is 390 g/mol. The fourth-order valence-corrected chi connectivity index (χ4v) is 5.17. The van der Waals surface area contributed by atoms with Gasteiger partial charge in [-0.2, -0.15) is 4.31 Å². The zero-order chi connectivity index (χ0) is 18.6. The minimum absolute atomic E-state index is 0.251. The number of sulfonamides is 1. The Hall–Kier alpha value is -1.96. The van der Waals surface area contributed by atoms with Crippen molar-refractivity contribution in [3.8, 4) is 0 Å². The Balaban J connectivity index is 1.65. The molecule has 1 atom stereocenters. The molecule has 138 valence electrons. The van der Waals surface area contributed by atoms with Crippen LogP contribution >= 0.6 is 11.3 Å². The normalized spacial score (nSPS) is 18.9. The van der Waals surface area contributed by atoms with Gasteiger partial charge in [0.2, 0.25) is 15.9 Å². The van der Waals surface area contributed by atoms with Gasteiger partial charge in [0.05, 0.1) is 4.90 Å². The Morgan fingerprint density at radius 2 is 2.04 bits per heavy atom. The summed E-state index contributed by atoms with van der Waals surface area (Å²) in [4.78, 5) is 13.2. The van der Waals surface area contributed by atoms with Crippen molar-refractivity contribution < 1.29 is 13.2 Å². The third kappa shape index (κ3) is 4.60. The van der Waals surface area contributed by atoms with Crippen LogP contribution in [0.3, 0.4) is 0 Å². The van der Waals surface area contributed by atoms with Crippen molar-refractivity contribution in [1.82, 2.24) is 4.31 Å². The first-order valence-corrected chi connectivity index (χ1v) is 10.9. The number of nitrogens with one attached hydrogen (secondary N) is 1. The summed E-state index contributed by atoms with van der Waals surface area (Å²) >= 11 is 1.55. The van der Waals surface area contributed by atoms with Crippen molar-refractivity contribution in [2.24, 2.45) is 5.92 Å². The van der Waals surface area contributed by atoms with Crippen molar-refractivity contribution in [3.05, 3.63) is 52.7 Å². The SMILES string of the molecule is C[C@H]1CCCN(S(=O)(=O)c2ccc(NC(=O)/C=C/c3cccs3)cc2)C1. The molecule has 1 fully saturated rings. The summed E-state index contributed by atoms with van der Waals surface area (Å²) in [5.74, 6) is 0.131. The molecule has 1 N–H and O–H groups in total. The summed E-state index contributed by atoms with van der Waals surface area (Å²) in [6.07, 6.45) is 5.17. The number of nitrogens with zero attached hydrogens (tertiary/aromatic N) is 1. The topological polar surface area (TPSA) is 66.5 Å². The number of carbonyl (C=O) groups is 1. The Morgan fingerprint density at radius 3 is 2.69 bits per heavy atom. The van der Waals surface area contributed by atoms with Crippen LogP contribution in [0.5, 0.6) is 0 Å². The maximum Gasteiger partial charge on any atom is 0.248 e. The van der Waals surface area contributed by atoms with Crippen LogP contribution in [0.15, 0.2) is 52.7 Å². The van der Waals surface area contributed by atoms with Crippen molar-refractivity contribution in [1.29, 1.82) is 0 Å². The van der Waals surface area contributed by atoms with E-state index in [9.17, 15) is 13.2 Å². The number of anilines is 1. The highest BCUT2D eigenvalue weighted by Crippen LogP contribution is 2.24. The van der Waals surface area contributed by atoms with E-state index in [0.29, 0.717) is 24.7 Å². The molecule has 1 aliphatic rings. The third-order valence-corrected chi connectivity index (χ3v) is 7.04. The van der Waals surface area contributed by atoms with Crippen LogP contribution in [0.1, 0.15) is 24.6 Å². The van der Waals surface area contributed by atoms with Crippen LogP contribution in [0.25, 0.3) is 6.08 Å². The summed E-state index contributed by atoms with van der Waals surface area (Å²) in [6.45, 7) is 3.21. The fraction of sp³-hybridized carbons (Fsp3) is 0.316. The van der Waals surface area contributed by atoms with E-state index in [1.165, 1.54) is 6.08 Å². The van der Waals surface area contributed by atoms with Crippen molar-refractivity contribution in [3.63, 3.8) is 0 Å². The number of amides is 1. The molecule has 7 heteroatoms. The molecule has 1 aliphatic heterocycles. The molecule has 0 bridgehead atoms. The van der Waals surface area contributed by atoms with Gasteiger partial charge in [0, 0.05) is 29.7 Å². The molecule has 0 aliphatic carbocycles. The predicted octanol–water partition coefficient (Wildman–Crippen LogP) is 3.82. The van der Waals surface area contributed by atoms with Crippen LogP contribution in [0.4, 0.5) is 5.69 Å². The molecule has 0 unspecified atom stereocenters. The van der Waals surface area contributed by atoms with E-state index in [0.717, 1.165) is 17.7 Å². The van der Waals surface area contributed by atoms with Crippen LogP contribution < -0.4 is 5.32 Å². The highest BCUT2D eigenvalue weighted by atomic mass is 32.2. The Labute approximate surface area is 158 Å². The van der Waals surface area contributed by atoms with Gasteiger partial charge >= 0.3 is 0 Å². The molecule has 1 aromatic carbocycles. The molecule has 1 aromatic heterocycles. The average molecular weight is 391 g/mol. The van der Waals surface area contributed by atoms with Gasteiger partial charge in [-0.25, -0.2) is 8.42 Å². The first-order chi connectivity index (χ1) is 12.4. The van der Waals surface area contributed by atoms with E-state index in [2.05, 4.69) is 12.2 Å². The van der Waals surface area contributed by atoms with Gasteiger partial charge in [0.1, 0.15) is 0 Å². The number of hydrogen-bond acceptors (Lipinski definition) is 4. The largest absolute Gasteiger partial charge is 0.323 e. The number of rotatable bonds is 5. The standard InChI is InChI=1S/C19H22N2O3S2/c1-15-4-2-12-21(14-15)26(23,24)18-9-6-16(7-10-18)20-19(22)11-8-17-5-3-13-25-17/h3,5-11,13,15H,2,4,12,14H2,1H3,(H,20,22)/b11-8+/t15-/m0/s1. The van der Waals surface area contributed by atoms with Crippen molar-refractivity contribution in [2.75, 3.05) is 18.4 Å². The second-order valence-corrected chi connectivity index (χ2v) is 9.39. The second kappa shape index (κ2) is 8.16. The van der Waals surface area contributed by atoms with Gasteiger partial charge in [-0.15, -0.1) is 11.3 Å². The molecular weight excluding hydrogens is 368 g/mol. The van der Waals surface area contributed by atoms with E-state index in [1.807, 2.05) is 17.5 Å². The number of benzene rings is 1. The Morgan fingerprint density at radius 1 is 1.27 bits per heavy atom. The van der Waals surface area contributed by atoms with E-state index in [4.69, 9.17) is 0 Å². The van der Waals surface area contributed by atoms with Gasteiger partial charge in [-0.3, -0.25) is 4.79 Å². The van der Waals surface area contributed by atoms with E-state index in [1.54, 1.807) is 46.0 Å². The molecule has 2 heterocycles. The van der Waals surface area contributed by atoms with Crippen molar-refractivity contribution >= 4 is 39.0 Å². The summed E-state index contributed by atoms with van der Waals surface area (Å²) in [5, 5.41) is 4.68. The van der Waals surface area contributed by atoms with Crippen LogP contribution in [0.2, 0.25) is 0 Å². The maximum atomic E-state index is 12.7. The average Bonchev–Trinajstić information content (AvgIpc) is 3.14. The quantitative estimate of drug-likeness (QED) is 0.789. The molecule has 5 nitrogen and oxygen atoms in total. The molecular formula is C19H22N2O3S2. The molecule has 0 saturated carbocycles. The second-order valence-electron chi connectivity index (χ2n) is 6.47. The lowest BCUT2D eigenvalue weighted by Gasteiger charge is -2.30. The fourth-order valence-electron chi connectivity index (χ4n) is 2.95. The first-order valence-electron chi connectivity index (χ1n) is 8.58. The minimum Gasteiger partial charge on any atom is -0.323 e. The molecule has 26 heavy (non-hydrogen) atoms. The lowest BCUT2D eigenvalue weighted by atomic mass is 10.0. The summed E-state index contributed by atoms with van der Waals surface area (Å²) < 4.78 is 27.0. The lowest BCUT2D eigenvalue weighted by Crippen LogP contribution is -2.39.